The number of rotatable bonds is 7. The summed E-state index contributed by atoms with van der Waals surface area (Å²) < 4.78 is 5.74. The molecule has 1 saturated carbocycles. The Morgan fingerprint density at radius 2 is 1.85 bits per heavy atom. The van der Waals surface area contributed by atoms with Crippen LogP contribution in [-0.4, -0.2) is 30.2 Å². The average molecular weight is 284 g/mol. The molecular weight excluding hydrogens is 252 g/mol. The average Bonchev–Trinajstić information content (AvgIpc) is 2.61. The highest BCUT2D eigenvalue weighted by Gasteiger charge is 2.28. The summed E-state index contributed by atoms with van der Waals surface area (Å²) >= 11 is 0. The van der Waals surface area contributed by atoms with Crippen LogP contribution >= 0.6 is 0 Å². The van der Waals surface area contributed by atoms with Gasteiger partial charge in [-0.1, -0.05) is 39.0 Å². The van der Waals surface area contributed by atoms with Crippen molar-refractivity contribution in [3.63, 3.8) is 0 Å². The summed E-state index contributed by atoms with van der Waals surface area (Å²) in [5, 5.41) is 2.99. The molecule has 0 bridgehead atoms. The van der Waals surface area contributed by atoms with E-state index in [1.165, 1.54) is 25.7 Å². The molecule has 2 atom stereocenters. The molecule has 2 unspecified atom stereocenters. The van der Waals surface area contributed by atoms with Crippen LogP contribution in [0.3, 0.4) is 0 Å². The molecule has 0 heterocycles. The molecule has 1 amide bonds. The lowest BCUT2D eigenvalue weighted by atomic mass is 9.92. The SMILES string of the molecule is CCCC(C)NC(=O)C(C)OCC1(N)CCCCCC1. The Morgan fingerprint density at radius 1 is 1.25 bits per heavy atom. The molecule has 1 rings (SSSR count). The van der Waals surface area contributed by atoms with Gasteiger partial charge in [0, 0.05) is 11.6 Å². The zero-order valence-electron chi connectivity index (χ0n) is 13.4. The van der Waals surface area contributed by atoms with Gasteiger partial charge in [-0.25, -0.2) is 0 Å². The molecule has 0 spiro atoms. The van der Waals surface area contributed by atoms with Crippen molar-refractivity contribution in [2.45, 2.75) is 89.8 Å². The number of amides is 1. The van der Waals surface area contributed by atoms with Crippen molar-refractivity contribution in [3.8, 4) is 0 Å². The minimum absolute atomic E-state index is 0.0248. The van der Waals surface area contributed by atoms with Gasteiger partial charge in [0.05, 0.1) is 6.61 Å². The molecule has 3 N–H and O–H groups in total. The summed E-state index contributed by atoms with van der Waals surface area (Å²) in [4.78, 5) is 12.0. The van der Waals surface area contributed by atoms with E-state index in [9.17, 15) is 4.79 Å². The third kappa shape index (κ3) is 6.23. The van der Waals surface area contributed by atoms with Gasteiger partial charge in [0.15, 0.2) is 0 Å². The first-order valence-corrected chi connectivity index (χ1v) is 8.18. The predicted molar refractivity (Wildman–Crippen MR) is 82.5 cm³/mol. The van der Waals surface area contributed by atoms with Crippen LogP contribution in [0.25, 0.3) is 0 Å². The monoisotopic (exact) mass is 284 g/mol. The molecule has 1 fully saturated rings. The Hall–Kier alpha value is -0.610. The zero-order valence-corrected chi connectivity index (χ0v) is 13.4. The quantitative estimate of drug-likeness (QED) is 0.707. The summed E-state index contributed by atoms with van der Waals surface area (Å²) in [6, 6.07) is 0.211. The van der Waals surface area contributed by atoms with Crippen molar-refractivity contribution in [1.82, 2.24) is 5.32 Å². The molecular formula is C16H32N2O2. The third-order valence-electron chi connectivity index (χ3n) is 4.20. The van der Waals surface area contributed by atoms with E-state index in [0.717, 1.165) is 25.7 Å². The number of carbonyl (C=O) groups excluding carboxylic acids is 1. The van der Waals surface area contributed by atoms with Gasteiger partial charge in [0.1, 0.15) is 6.10 Å². The second kappa shape index (κ2) is 8.63. The molecule has 0 aromatic heterocycles. The summed E-state index contributed by atoms with van der Waals surface area (Å²) in [6.07, 6.45) is 8.55. The number of nitrogens with one attached hydrogen (secondary N) is 1. The van der Waals surface area contributed by atoms with Crippen LogP contribution in [0.4, 0.5) is 0 Å². The highest BCUT2D eigenvalue weighted by atomic mass is 16.5. The van der Waals surface area contributed by atoms with Gasteiger partial charge in [-0.2, -0.15) is 0 Å². The van der Waals surface area contributed by atoms with Crippen molar-refractivity contribution in [1.29, 1.82) is 0 Å². The lowest BCUT2D eigenvalue weighted by Gasteiger charge is -2.29. The molecule has 0 saturated heterocycles. The smallest absolute Gasteiger partial charge is 0.249 e. The minimum atomic E-state index is -0.419. The maximum absolute atomic E-state index is 12.0. The van der Waals surface area contributed by atoms with Crippen LogP contribution in [0, 0.1) is 0 Å². The lowest BCUT2D eigenvalue weighted by Crippen LogP contribution is -2.47. The van der Waals surface area contributed by atoms with Crippen LogP contribution in [0.2, 0.25) is 0 Å². The standard InChI is InChI=1S/C16H32N2O2/c1-4-9-13(2)18-15(19)14(3)20-12-16(17)10-7-5-6-8-11-16/h13-14H,4-12,17H2,1-3H3,(H,18,19). The van der Waals surface area contributed by atoms with Gasteiger partial charge < -0.3 is 15.8 Å². The van der Waals surface area contributed by atoms with Gasteiger partial charge in [-0.3, -0.25) is 4.79 Å². The number of carbonyl (C=O) groups is 1. The van der Waals surface area contributed by atoms with Crippen molar-refractivity contribution in [2.75, 3.05) is 6.61 Å². The van der Waals surface area contributed by atoms with E-state index in [4.69, 9.17) is 10.5 Å². The van der Waals surface area contributed by atoms with Crippen molar-refractivity contribution < 1.29 is 9.53 Å². The second-order valence-electron chi connectivity index (χ2n) is 6.43. The van der Waals surface area contributed by atoms with Crippen LogP contribution in [0.5, 0.6) is 0 Å². The topological polar surface area (TPSA) is 64.3 Å². The van der Waals surface area contributed by atoms with E-state index in [0.29, 0.717) is 6.61 Å². The van der Waals surface area contributed by atoms with E-state index < -0.39 is 6.10 Å². The Morgan fingerprint density at radius 3 is 2.40 bits per heavy atom. The van der Waals surface area contributed by atoms with Crippen LogP contribution in [-0.2, 0) is 9.53 Å². The number of hydrogen-bond acceptors (Lipinski definition) is 3. The summed E-state index contributed by atoms with van der Waals surface area (Å²) in [7, 11) is 0. The summed E-state index contributed by atoms with van der Waals surface area (Å²) in [5.41, 5.74) is 6.16. The van der Waals surface area contributed by atoms with Gasteiger partial charge in [-0.15, -0.1) is 0 Å². The first-order chi connectivity index (χ1) is 9.47. The number of nitrogens with two attached hydrogens (primary N) is 1. The van der Waals surface area contributed by atoms with Gasteiger partial charge >= 0.3 is 0 Å². The normalized spacial score (nSPS) is 21.8. The summed E-state index contributed by atoms with van der Waals surface area (Å²) in [6.45, 7) is 6.45. The molecule has 1 aliphatic carbocycles. The Labute approximate surface area is 123 Å². The summed E-state index contributed by atoms with van der Waals surface area (Å²) in [5.74, 6) is -0.0248. The third-order valence-corrected chi connectivity index (χ3v) is 4.20. The van der Waals surface area contributed by atoms with Crippen molar-refractivity contribution in [2.24, 2.45) is 5.73 Å². The molecule has 4 nitrogen and oxygen atoms in total. The highest BCUT2D eigenvalue weighted by molar-refractivity contribution is 5.80. The van der Waals surface area contributed by atoms with Crippen LogP contribution in [0.1, 0.15) is 72.1 Å². The molecule has 0 aromatic rings. The van der Waals surface area contributed by atoms with Gasteiger partial charge in [0.2, 0.25) is 5.91 Å². The minimum Gasteiger partial charge on any atom is -0.367 e. The molecule has 20 heavy (non-hydrogen) atoms. The van der Waals surface area contributed by atoms with E-state index >= 15 is 0 Å². The molecule has 118 valence electrons. The molecule has 4 heteroatoms. The largest absolute Gasteiger partial charge is 0.367 e. The van der Waals surface area contributed by atoms with Crippen LogP contribution < -0.4 is 11.1 Å². The highest BCUT2D eigenvalue weighted by Crippen LogP contribution is 2.25. The van der Waals surface area contributed by atoms with Gasteiger partial charge in [0.25, 0.3) is 0 Å². The Bertz CT molecular complexity index is 286. The van der Waals surface area contributed by atoms with Crippen LogP contribution in [0.15, 0.2) is 0 Å². The van der Waals surface area contributed by atoms with Crippen molar-refractivity contribution in [3.05, 3.63) is 0 Å². The Balaban J connectivity index is 2.33. The number of ether oxygens (including phenoxy) is 1. The van der Waals surface area contributed by atoms with Crippen molar-refractivity contribution >= 4 is 5.91 Å². The first kappa shape index (κ1) is 17.4. The molecule has 0 aromatic carbocycles. The maximum atomic E-state index is 12.0. The lowest BCUT2D eigenvalue weighted by molar-refractivity contribution is -0.133. The van der Waals surface area contributed by atoms with E-state index in [1.807, 2.05) is 13.8 Å². The first-order valence-electron chi connectivity index (χ1n) is 8.18. The Kier molecular flexibility index (Phi) is 7.52. The fourth-order valence-electron chi connectivity index (χ4n) is 2.81. The maximum Gasteiger partial charge on any atom is 0.249 e. The second-order valence-corrected chi connectivity index (χ2v) is 6.43. The number of hydrogen-bond donors (Lipinski definition) is 2. The fourth-order valence-corrected chi connectivity index (χ4v) is 2.81. The molecule has 1 aliphatic rings. The van der Waals surface area contributed by atoms with E-state index in [2.05, 4.69) is 12.2 Å². The van der Waals surface area contributed by atoms with E-state index in [1.54, 1.807) is 0 Å². The predicted octanol–water partition coefficient (Wildman–Crippen LogP) is 2.75. The zero-order chi connectivity index (χ0) is 15.0. The van der Waals surface area contributed by atoms with E-state index in [-0.39, 0.29) is 17.5 Å². The fraction of sp³-hybridized carbons (Fsp3) is 0.938. The molecule has 0 radical (unpaired) electrons. The van der Waals surface area contributed by atoms with Gasteiger partial charge in [-0.05, 0) is 33.1 Å². The molecule has 0 aliphatic heterocycles.